The molecular weight excluding hydrogens is 375 g/mol. The van der Waals surface area contributed by atoms with Crippen molar-refractivity contribution in [2.75, 3.05) is 55.5 Å². The molecule has 7 nitrogen and oxygen atoms in total. The molecule has 1 saturated heterocycles. The molecule has 150 valence electrons. The van der Waals surface area contributed by atoms with E-state index in [1.807, 2.05) is 4.90 Å². The average molecular weight is 395 g/mol. The molecular formula is C18H20F3N5O2. The molecule has 3 rings (SSSR count). The summed E-state index contributed by atoms with van der Waals surface area (Å²) in [5.41, 5.74) is -0.335. The summed E-state index contributed by atoms with van der Waals surface area (Å²) in [7, 11) is 3.55. The summed E-state index contributed by atoms with van der Waals surface area (Å²) in [6.45, 7) is 2.52. The van der Waals surface area contributed by atoms with Crippen LogP contribution in [0.2, 0.25) is 0 Å². The Kier molecular flexibility index (Phi) is 5.68. The fourth-order valence-electron chi connectivity index (χ4n) is 2.71. The summed E-state index contributed by atoms with van der Waals surface area (Å²) in [6.07, 6.45) is -2.95. The van der Waals surface area contributed by atoms with Gasteiger partial charge in [0.1, 0.15) is 5.69 Å². The lowest BCUT2D eigenvalue weighted by Gasteiger charge is -2.28. The number of hydrogen-bond acceptors (Lipinski definition) is 6. The standard InChI is InChI=1S/C18H20F3N5O2/c1-25(2)15-14(11-22-17(24-15)26-7-9-28-10-8-26)23-16(27)12-3-5-13(6-4-12)18(19,20)21/h3-6,11H,7-10H2,1-2H3,(H,23,27). The van der Waals surface area contributed by atoms with Crippen molar-refractivity contribution in [1.82, 2.24) is 9.97 Å². The molecule has 0 atom stereocenters. The number of amides is 1. The fraction of sp³-hybridized carbons (Fsp3) is 0.389. The topological polar surface area (TPSA) is 70.6 Å². The van der Waals surface area contributed by atoms with Gasteiger partial charge in [0.2, 0.25) is 5.95 Å². The number of carbonyl (C=O) groups is 1. The smallest absolute Gasteiger partial charge is 0.378 e. The number of ether oxygens (including phenoxy) is 1. The molecule has 0 bridgehead atoms. The van der Waals surface area contributed by atoms with Gasteiger partial charge in [0.15, 0.2) is 5.82 Å². The zero-order valence-corrected chi connectivity index (χ0v) is 15.5. The van der Waals surface area contributed by atoms with E-state index >= 15 is 0 Å². The normalized spacial score (nSPS) is 14.7. The van der Waals surface area contributed by atoms with Crippen LogP contribution in [0.4, 0.5) is 30.6 Å². The van der Waals surface area contributed by atoms with Crippen molar-refractivity contribution in [2.45, 2.75) is 6.18 Å². The van der Waals surface area contributed by atoms with Crippen LogP contribution in [0.3, 0.4) is 0 Å². The minimum Gasteiger partial charge on any atom is -0.378 e. The Labute approximate surface area is 160 Å². The van der Waals surface area contributed by atoms with Crippen molar-refractivity contribution in [3.05, 3.63) is 41.6 Å². The first-order valence-corrected chi connectivity index (χ1v) is 8.61. The second kappa shape index (κ2) is 8.01. The lowest BCUT2D eigenvalue weighted by molar-refractivity contribution is -0.137. The van der Waals surface area contributed by atoms with E-state index in [1.54, 1.807) is 19.0 Å². The summed E-state index contributed by atoms with van der Waals surface area (Å²) in [5.74, 6) is 0.482. The van der Waals surface area contributed by atoms with Crippen molar-refractivity contribution in [3.8, 4) is 0 Å². The quantitative estimate of drug-likeness (QED) is 0.858. The highest BCUT2D eigenvalue weighted by Gasteiger charge is 2.30. The Bertz CT molecular complexity index is 834. The number of benzene rings is 1. The second-order valence-electron chi connectivity index (χ2n) is 6.43. The summed E-state index contributed by atoms with van der Waals surface area (Å²) in [6, 6.07) is 4.02. The van der Waals surface area contributed by atoms with Crippen LogP contribution in [0.1, 0.15) is 15.9 Å². The van der Waals surface area contributed by atoms with Gasteiger partial charge < -0.3 is 19.9 Å². The number of morpholine rings is 1. The molecule has 1 aromatic heterocycles. The van der Waals surface area contributed by atoms with Gasteiger partial charge in [-0.2, -0.15) is 18.2 Å². The summed E-state index contributed by atoms with van der Waals surface area (Å²) >= 11 is 0. The van der Waals surface area contributed by atoms with Gasteiger partial charge in [-0.15, -0.1) is 0 Å². The van der Waals surface area contributed by atoms with Gasteiger partial charge in [-0.05, 0) is 24.3 Å². The molecule has 1 amide bonds. The maximum atomic E-state index is 12.7. The minimum atomic E-state index is -4.45. The Morgan fingerprint density at radius 2 is 1.82 bits per heavy atom. The van der Waals surface area contributed by atoms with E-state index in [1.165, 1.54) is 6.20 Å². The summed E-state index contributed by atoms with van der Waals surface area (Å²) < 4.78 is 43.3. The molecule has 1 aliphatic heterocycles. The number of nitrogens with one attached hydrogen (secondary N) is 1. The number of nitrogens with zero attached hydrogens (tertiary/aromatic N) is 4. The van der Waals surface area contributed by atoms with Gasteiger partial charge >= 0.3 is 6.18 Å². The maximum absolute atomic E-state index is 12.7. The Morgan fingerprint density at radius 3 is 2.39 bits per heavy atom. The third-order valence-corrected chi connectivity index (χ3v) is 4.20. The van der Waals surface area contributed by atoms with Crippen LogP contribution in [0.5, 0.6) is 0 Å². The molecule has 0 radical (unpaired) electrons. The molecule has 0 saturated carbocycles. The van der Waals surface area contributed by atoms with Crippen LogP contribution >= 0.6 is 0 Å². The first kappa shape index (κ1) is 19.9. The van der Waals surface area contributed by atoms with Crippen molar-refractivity contribution >= 4 is 23.4 Å². The Balaban J connectivity index is 1.79. The summed E-state index contributed by atoms with van der Waals surface area (Å²) in [4.78, 5) is 25.0. The van der Waals surface area contributed by atoms with Gasteiger partial charge in [0.25, 0.3) is 5.91 Å². The molecule has 1 aliphatic rings. The maximum Gasteiger partial charge on any atom is 0.416 e. The Hall–Kier alpha value is -2.88. The van der Waals surface area contributed by atoms with Crippen LogP contribution in [-0.4, -0.2) is 56.3 Å². The van der Waals surface area contributed by atoms with Crippen LogP contribution in [0.15, 0.2) is 30.5 Å². The van der Waals surface area contributed by atoms with Gasteiger partial charge in [-0.1, -0.05) is 0 Å². The third kappa shape index (κ3) is 4.50. The molecule has 10 heteroatoms. The first-order valence-electron chi connectivity index (χ1n) is 8.61. The predicted molar refractivity (Wildman–Crippen MR) is 98.8 cm³/mol. The third-order valence-electron chi connectivity index (χ3n) is 4.20. The number of rotatable bonds is 4. The second-order valence-corrected chi connectivity index (χ2v) is 6.43. The molecule has 28 heavy (non-hydrogen) atoms. The SMILES string of the molecule is CN(C)c1nc(N2CCOCC2)ncc1NC(=O)c1ccc(C(F)(F)F)cc1. The lowest BCUT2D eigenvalue weighted by Crippen LogP contribution is -2.37. The van der Waals surface area contributed by atoms with Crippen LogP contribution in [0.25, 0.3) is 0 Å². The number of carbonyl (C=O) groups excluding carboxylic acids is 1. The van der Waals surface area contributed by atoms with Crippen LogP contribution in [-0.2, 0) is 10.9 Å². The van der Waals surface area contributed by atoms with Gasteiger partial charge in [-0.3, -0.25) is 4.79 Å². The summed E-state index contributed by atoms with van der Waals surface area (Å²) in [5, 5.41) is 2.67. The van der Waals surface area contributed by atoms with Crippen molar-refractivity contribution in [2.24, 2.45) is 0 Å². The minimum absolute atomic E-state index is 0.106. The molecule has 0 aliphatic carbocycles. The monoisotopic (exact) mass is 395 g/mol. The molecule has 1 fully saturated rings. The average Bonchev–Trinajstić information content (AvgIpc) is 2.68. The van der Waals surface area contributed by atoms with Crippen molar-refractivity contribution in [3.63, 3.8) is 0 Å². The molecule has 1 N–H and O–H groups in total. The number of halogens is 3. The zero-order valence-electron chi connectivity index (χ0n) is 15.5. The highest BCUT2D eigenvalue weighted by atomic mass is 19.4. The first-order chi connectivity index (χ1) is 13.3. The molecule has 2 aromatic rings. The molecule has 0 unspecified atom stereocenters. The van der Waals surface area contributed by atoms with Crippen LogP contribution in [0, 0.1) is 0 Å². The van der Waals surface area contributed by atoms with Gasteiger partial charge in [0.05, 0.1) is 25.0 Å². The van der Waals surface area contributed by atoms with Crippen LogP contribution < -0.4 is 15.1 Å². The van der Waals surface area contributed by atoms with Gasteiger partial charge in [0, 0.05) is 32.7 Å². The number of anilines is 3. The predicted octanol–water partition coefficient (Wildman–Crippen LogP) is 2.65. The van der Waals surface area contributed by atoms with E-state index in [0.29, 0.717) is 43.8 Å². The molecule has 2 heterocycles. The Morgan fingerprint density at radius 1 is 1.18 bits per heavy atom. The zero-order chi connectivity index (χ0) is 20.3. The van der Waals surface area contributed by atoms with Crippen molar-refractivity contribution < 1.29 is 22.7 Å². The number of aromatic nitrogens is 2. The van der Waals surface area contributed by atoms with E-state index in [-0.39, 0.29) is 5.56 Å². The fourth-order valence-corrected chi connectivity index (χ4v) is 2.71. The lowest BCUT2D eigenvalue weighted by atomic mass is 10.1. The van der Waals surface area contributed by atoms with E-state index in [4.69, 9.17) is 4.74 Å². The molecule has 1 aromatic carbocycles. The van der Waals surface area contributed by atoms with Crippen molar-refractivity contribution in [1.29, 1.82) is 0 Å². The number of hydrogen-bond donors (Lipinski definition) is 1. The molecule has 0 spiro atoms. The van der Waals surface area contributed by atoms with E-state index in [9.17, 15) is 18.0 Å². The van der Waals surface area contributed by atoms with E-state index in [0.717, 1.165) is 24.3 Å². The largest absolute Gasteiger partial charge is 0.416 e. The highest BCUT2D eigenvalue weighted by Crippen LogP contribution is 2.29. The van der Waals surface area contributed by atoms with Gasteiger partial charge in [-0.25, -0.2) is 4.98 Å². The van der Waals surface area contributed by atoms with E-state index in [2.05, 4.69) is 15.3 Å². The van der Waals surface area contributed by atoms with E-state index < -0.39 is 17.6 Å². The highest BCUT2D eigenvalue weighted by molar-refractivity contribution is 6.05. The number of alkyl halides is 3.